The zero-order valence-corrected chi connectivity index (χ0v) is 14.2. The predicted molar refractivity (Wildman–Crippen MR) is 83.3 cm³/mol. The Morgan fingerprint density at radius 2 is 1.89 bits per heavy atom. The van der Waals surface area contributed by atoms with E-state index >= 15 is 0 Å². The van der Waals surface area contributed by atoms with E-state index in [4.69, 9.17) is 4.74 Å². The van der Waals surface area contributed by atoms with E-state index in [9.17, 15) is 0 Å². The Morgan fingerprint density at radius 1 is 1.17 bits per heavy atom. The van der Waals surface area contributed by atoms with Gasteiger partial charge in [-0.3, -0.25) is 0 Å². The maximum Gasteiger partial charge on any atom is 0.0608 e. The third-order valence-corrected chi connectivity index (χ3v) is 4.96. The smallest absolute Gasteiger partial charge is 0.0608 e. The van der Waals surface area contributed by atoms with Gasteiger partial charge in [0, 0.05) is 11.9 Å². The van der Waals surface area contributed by atoms with Gasteiger partial charge in [-0.05, 0) is 49.4 Å². The van der Waals surface area contributed by atoms with Gasteiger partial charge in [0.2, 0.25) is 0 Å². The summed E-state index contributed by atoms with van der Waals surface area (Å²) >= 11 is 3.51. The summed E-state index contributed by atoms with van der Waals surface area (Å²) in [5, 5.41) is 1.11. The van der Waals surface area contributed by atoms with Gasteiger partial charge >= 0.3 is 0 Å². The fourth-order valence-corrected chi connectivity index (χ4v) is 3.84. The van der Waals surface area contributed by atoms with Crippen LogP contribution in [0.1, 0.15) is 59.8 Å². The fraction of sp³-hybridized carbons (Fsp3) is 1.00. The summed E-state index contributed by atoms with van der Waals surface area (Å²) in [5.74, 6) is 3.18. The summed E-state index contributed by atoms with van der Waals surface area (Å²) in [6.07, 6.45) is 7.02. The van der Waals surface area contributed by atoms with Crippen LogP contribution in [0.25, 0.3) is 0 Å². The van der Waals surface area contributed by atoms with Crippen molar-refractivity contribution in [2.24, 2.45) is 23.7 Å². The van der Waals surface area contributed by atoms with E-state index in [0.29, 0.717) is 6.10 Å². The summed E-state index contributed by atoms with van der Waals surface area (Å²) in [6, 6.07) is 0. The van der Waals surface area contributed by atoms with Crippen LogP contribution in [0.2, 0.25) is 0 Å². The lowest BCUT2D eigenvalue weighted by molar-refractivity contribution is -0.0419. The lowest BCUT2D eigenvalue weighted by atomic mass is 9.75. The Labute approximate surface area is 122 Å². The molecule has 0 aromatic rings. The summed E-state index contributed by atoms with van der Waals surface area (Å²) < 4.78 is 6.23. The molecule has 2 heteroatoms. The standard InChI is InChI=1S/C16H31BrO/c1-12(2)15-6-5-14(4)11-16(15)18-10-8-13(3)7-9-17/h12-16H,5-11H2,1-4H3. The van der Waals surface area contributed by atoms with Crippen LogP contribution < -0.4 is 0 Å². The molecule has 4 atom stereocenters. The molecule has 0 aromatic carbocycles. The maximum atomic E-state index is 6.23. The minimum Gasteiger partial charge on any atom is -0.378 e. The van der Waals surface area contributed by atoms with Gasteiger partial charge in [-0.2, -0.15) is 0 Å². The topological polar surface area (TPSA) is 9.23 Å². The molecule has 1 saturated carbocycles. The molecule has 0 aromatic heterocycles. The zero-order chi connectivity index (χ0) is 13.5. The summed E-state index contributed by atoms with van der Waals surface area (Å²) in [7, 11) is 0. The van der Waals surface area contributed by atoms with Gasteiger partial charge in [0.05, 0.1) is 6.10 Å². The van der Waals surface area contributed by atoms with Crippen LogP contribution in [-0.2, 0) is 4.74 Å². The van der Waals surface area contributed by atoms with Crippen molar-refractivity contribution in [3.05, 3.63) is 0 Å². The second-order valence-corrected chi connectivity index (χ2v) is 7.40. The summed E-state index contributed by atoms with van der Waals surface area (Å²) in [6.45, 7) is 10.4. The average molecular weight is 319 g/mol. The van der Waals surface area contributed by atoms with Gasteiger partial charge in [-0.15, -0.1) is 0 Å². The molecule has 0 aliphatic heterocycles. The van der Waals surface area contributed by atoms with E-state index in [0.717, 1.165) is 35.6 Å². The van der Waals surface area contributed by atoms with Crippen molar-refractivity contribution < 1.29 is 4.74 Å². The lowest BCUT2D eigenvalue weighted by Gasteiger charge is -2.37. The van der Waals surface area contributed by atoms with Crippen molar-refractivity contribution in [3.8, 4) is 0 Å². The maximum absolute atomic E-state index is 6.23. The molecule has 1 aliphatic rings. The first kappa shape index (κ1) is 16.5. The van der Waals surface area contributed by atoms with Gasteiger partial charge in [0.1, 0.15) is 0 Å². The van der Waals surface area contributed by atoms with Crippen molar-refractivity contribution in [2.45, 2.75) is 65.9 Å². The molecular weight excluding hydrogens is 288 g/mol. The number of halogens is 1. The minimum absolute atomic E-state index is 0.518. The van der Waals surface area contributed by atoms with E-state index in [1.165, 1.54) is 32.1 Å². The van der Waals surface area contributed by atoms with Gasteiger partial charge in [0.25, 0.3) is 0 Å². The van der Waals surface area contributed by atoms with Gasteiger partial charge in [-0.1, -0.05) is 50.0 Å². The van der Waals surface area contributed by atoms with Crippen LogP contribution in [0.15, 0.2) is 0 Å². The first-order chi connectivity index (χ1) is 8.54. The number of ether oxygens (including phenoxy) is 1. The van der Waals surface area contributed by atoms with Crippen LogP contribution in [0.5, 0.6) is 0 Å². The second kappa shape index (κ2) is 8.58. The molecule has 1 nitrogen and oxygen atoms in total. The Kier molecular flexibility index (Phi) is 7.86. The fourth-order valence-electron chi connectivity index (χ4n) is 3.06. The first-order valence-electron chi connectivity index (χ1n) is 7.72. The second-order valence-electron chi connectivity index (χ2n) is 6.61. The molecule has 0 spiro atoms. The van der Waals surface area contributed by atoms with Gasteiger partial charge < -0.3 is 4.74 Å². The van der Waals surface area contributed by atoms with E-state index in [2.05, 4.69) is 43.6 Å². The normalized spacial score (nSPS) is 30.7. The highest BCUT2D eigenvalue weighted by atomic mass is 79.9. The minimum atomic E-state index is 0.518. The molecule has 0 N–H and O–H groups in total. The van der Waals surface area contributed by atoms with Gasteiger partial charge in [0.15, 0.2) is 0 Å². The van der Waals surface area contributed by atoms with E-state index in [1.54, 1.807) is 0 Å². The molecule has 0 amide bonds. The van der Waals surface area contributed by atoms with Crippen LogP contribution in [-0.4, -0.2) is 18.0 Å². The van der Waals surface area contributed by atoms with E-state index in [-0.39, 0.29) is 0 Å². The summed E-state index contributed by atoms with van der Waals surface area (Å²) in [5.41, 5.74) is 0. The molecule has 1 rings (SSSR count). The van der Waals surface area contributed by atoms with Crippen molar-refractivity contribution in [3.63, 3.8) is 0 Å². The molecule has 1 fully saturated rings. The van der Waals surface area contributed by atoms with Crippen molar-refractivity contribution in [1.29, 1.82) is 0 Å². The van der Waals surface area contributed by atoms with Crippen LogP contribution in [0.3, 0.4) is 0 Å². The van der Waals surface area contributed by atoms with Gasteiger partial charge in [-0.25, -0.2) is 0 Å². The highest BCUT2D eigenvalue weighted by molar-refractivity contribution is 9.09. The average Bonchev–Trinajstić information content (AvgIpc) is 2.29. The Hall–Kier alpha value is 0.440. The molecule has 4 unspecified atom stereocenters. The van der Waals surface area contributed by atoms with E-state index in [1.807, 2.05) is 0 Å². The predicted octanol–water partition coefficient (Wildman–Crippen LogP) is 5.28. The number of hydrogen-bond donors (Lipinski definition) is 0. The lowest BCUT2D eigenvalue weighted by Crippen LogP contribution is -2.34. The third-order valence-electron chi connectivity index (χ3n) is 4.51. The highest BCUT2D eigenvalue weighted by Gasteiger charge is 2.31. The molecule has 1 aliphatic carbocycles. The van der Waals surface area contributed by atoms with Crippen LogP contribution in [0, 0.1) is 23.7 Å². The summed E-state index contributed by atoms with van der Waals surface area (Å²) in [4.78, 5) is 0. The van der Waals surface area contributed by atoms with Crippen LogP contribution >= 0.6 is 15.9 Å². The molecule has 108 valence electrons. The quantitative estimate of drug-likeness (QED) is 0.580. The van der Waals surface area contributed by atoms with Crippen LogP contribution in [0.4, 0.5) is 0 Å². The first-order valence-corrected chi connectivity index (χ1v) is 8.84. The zero-order valence-electron chi connectivity index (χ0n) is 12.6. The molecule has 0 bridgehead atoms. The Bertz CT molecular complexity index is 217. The molecule has 0 heterocycles. The van der Waals surface area contributed by atoms with Crippen molar-refractivity contribution >= 4 is 15.9 Å². The SMILES string of the molecule is CC(CCBr)CCOC1CC(C)CCC1C(C)C. The molecular formula is C16H31BrO. The van der Waals surface area contributed by atoms with E-state index < -0.39 is 0 Å². The monoisotopic (exact) mass is 318 g/mol. The largest absolute Gasteiger partial charge is 0.378 e. The Morgan fingerprint density at radius 3 is 2.50 bits per heavy atom. The number of alkyl halides is 1. The van der Waals surface area contributed by atoms with Crippen molar-refractivity contribution in [2.75, 3.05) is 11.9 Å². The number of hydrogen-bond acceptors (Lipinski definition) is 1. The molecule has 0 saturated heterocycles. The third kappa shape index (κ3) is 5.61. The van der Waals surface area contributed by atoms with Crippen molar-refractivity contribution in [1.82, 2.24) is 0 Å². The molecule has 0 radical (unpaired) electrons. The highest BCUT2D eigenvalue weighted by Crippen LogP contribution is 2.35. The number of rotatable bonds is 7. The molecule has 18 heavy (non-hydrogen) atoms. The Balaban J connectivity index is 2.32.